The molecule has 2 aromatic rings. The standard InChI is InChI=1S/C19H20ClNO4S/c1-11(18(22)21-14-10-13(20)7-8-15(14)24-2)25-19(23)17-9-12-5-3-4-6-16(12)26-17/h7-11H,3-6H2,1-2H3,(H,21,22). The number of amides is 1. The van der Waals surface area contributed by atoms with E-state index in [9.17, 15) is 9.59 Å². The Balaban J connectivity index is 1.64. The van der Waals surface area contributed by atoms with Crippen molar-refractivity contribution in [2.24, 2.45) is 0 Å². The Kier molecular flexibility index (Phi) is 5.84. The number of carbonyl (C=O) groups excluding carboxylic acids is 2. The first kappa shape index (κ1) is 18.7. The van der Waals surface area contributed by atoms with E-state index >= 15 is 0 Å². The van der Waals surface area contributed by atoms with Crippen molar-refractivity contribution in [1.82, 2.24) is 0 Å². The van der Waals surface area contributed by atoms with Gasteiger partial charge in [0.1, 0.15) is 10.6 Å². The molecule has 0 saturated carbocycles. The monoisotopic (exact) mass is 393 g/mol. The number of thiophene rings is 1. The maximum absolute atomic E-state index is 12.4. The number of carbonyl (C=O) groups is 2. The Morgan fingerprint density at radius 2 is 2.00 bits per heavy atom. The lowest BCUT2D eigenvalue weighted by Crippen LogP contribution is -2.30. The van der Waals surface area contributed by atoms with Crippen molar-refractivity contribution in [2.45, 2.75) is 38.7 Å². The molecule has 1 N–H and O–H groups in total. The number of aryl methyl sites for hydroxylation is 2. The van der Waals surface area contributed by atoms with Crippen LogP contribution in [0.25, 0.3) is 0 Å². The van der Waals surface area contributed by atoms with Gasteiger partial charge in [0.05, 0.1) is 12.8 Å². The van der Waals surface area contributed by atoms with Gasteiger partial charge in [0.25, 0.3) is 5.91 Å². The van der Waals surface area contributed by atoms with E-state index in [1.165, 1.54) is 35.8 Å². The molecule has 1 amide bonds. The van der Waals surface area contributed by atoms with E-state index in [1.54, 1.807) is 18.2 Å². The molecule has 0 fully saturated rings. The zero-order valence-electron chi connectivity index (χ0n) is 14.6. The molecule has 3 rings (SSSR count). The van der Waals surface area contributed by atoms with Gasteiger partial charge in [-0.15, -0.1) is 11.3 Å². The first-order valence-electron chi connectivity index (χ1n) is 8.45. The molecule has 1 atom stereocenters. The average molecular weight is 394 g/mol. The zero-order valence-corrected chi connectivity index (χ0v) is 16.2. The van der Waals surface area contributed by atoms with Crippen LogP contribution in [0.4, 0.5) is 5.69 Å². The van der Waals surface area contributed by atoms with Crippen LogP contribution in [0.2, 0.25) is 5.02 Å². The summed E-state index contributed by atoms with van der Waals surface area (Å²) in [6, 6.07) is 6.80. The molecule has 26 heavy (non-hydrogen) atoms. The minimum absolute atomic E-state index is 0.430. The number of benzene rings is 1. The summed E-state index contributed by atoms with van der Waals surface area (Å²) in [6.45, 7) is 1.54. The lowest BCUT2D eigenvalue weighted by atomic mass is 9.99. The molecule has 0 aliphatic heterocycles. The number of nitrogens with one attached hydrogen (secondary N) is 1. The summed E-state index contributed by atoms with van der Waals surface area (Å²) in [5, 5.41) is 3.15. The molecule has 0 radical (unpaired) electrons. The van der Waals surface area contributed by atoms with Crippen LogP contribution < -0.4 is 10.1 Å². The van der Waals surface area contributed by atoms with Gasteiger partial charge >= 0.3 is 5.97 Å². The number of esters is 1. The van der Waals surface area contributed by atoms with Gasteiger partial charge in [0.2, 0.25) is 0 Å². The fraction of sp³-hybridized carbons (Fsp3) is 0.368. The van der Waals surface area contributed by atoms with Crippen molar-refractivity contribution in [2.75, 3.05) is 12.4 Å². The first-order valence-corrected chi connectivity index (χ1v) is 9.64. The smallest absolute Gasteiger partial charge is 0.349 e. The molecular weight excluding hydrogens is 374 g/mol. The minimum Gasteiger partial charge on any atom is -0.495 e. The van der Waals surface area contributed by atoms with Crippen LogP contribution >= 0.6 is 22.9 Å². The van der Waals surface area contributed by atoms with Crippen molar-refractivity contribution in [1.29, 1.82) is 0 Å². The maximum atomic E-state index is 12.4. The summed E-state index contributed by atoms with van der Waals surface area (Å²) in [5.74, 6) is -0.433. The number of fused-ring (bicyclic) bond motifs is 1. The van der Waals surface area contributed by atoms with E-state index in [1.807, 2.05) is 6.07 Å². The molecule has 1 aromatic heterocycles. The van der Waals surface area contributed by atoms with Crippen LogP contribution in [-0.2, 0) is 22.4 Å². The van der Waals surface area contributed by atoms with Gasteiger partial charge < -0.3 is 14.8 Å². The summed E-state index contributed by atoms with van der Waals surface area (Å²) in [7, 11) is 1.50. The third-order valence-electron chi connectivity index (χ3n) is 4.27. The molecule has 7 heteroatoms. The third-order valence-corrected chi connectivity index (χ3v) is 5.72. The van der Waals surface area contributed by atoms with Gasteiger partial charge in [-0.05, 0) is 62.4 Å². The Hall–Kier alpha value is -2.05. The van der Waals surface area contributed by atoms with E-state index in [0.29, 0.717) is 21.3 Å². The second-order valence-electron chi connectivity index (χ2n) is 6.15. The molecule has 1 aliphatic carbocycles. The zero-order chi connectivity index (χ0) is 18.7. The summed E-state index contributed by atoms with van der Waals surface area (Å²) in [5.41, 5.74) is 1.66. The number of hydrogen-bond donors (Lipinski definition) is 1. The van der Waals surface area contributed by atoms with Crippen LogP contribution in [0.15, 0.2) is 24.3 Å². The topological polar surface area (TPSA) is 64.6 Å². The fourth-order valence-corrected chi connectivity index (χ4v) is 4.18. The number of anilines is 1. The quantitative estimate of drug-likeness (QED) is 0.761. The number of halogens is 1. The molecule has 5 nitrogen and oxygen atoms in total. The highest BCUT2D eigenvalue weighted by Crippen LogP contribution is 2.31. The number of methoxy groups -OCH3 is 1. The van der Waals surface area contributed by atoms with Gasteiger partial charge in [-0.1, -0.05) is 11.6 Å². The Morgan fingerprint density at radius 3 is 2.73 bits per heavy atom. The Bertz CT molecular complexity index is 809. The normalized spacial score (nSPS) is 14.3. The van der Waals surface area contributed by atoms with Crippen molar-refractivity contribution < 1.29 is 19.1 Å². The van der Waals surface area contributed by atoms with Crippen molar-refractivity contribution in [3.63, 3.8) is 0 Å². The summed E-state index contributed by atoms with van der Waals surface area (Å²) in [4.78, 5) is 26.5. The van der Waals surface area contributed by atoms with Gasteiger partial charge in [-0.25, -0.2) is 4.79 Å². The largest absolute Gasteiger partial charge is 0.495 e. The molecule has 138 valence electrons. The molecule has 0 saturated heterocycles. The second-order valence-corrected chi connectivity index (χ2v) is 7.72. The van der Waals surface area contributed by atoms with Crippen LogP contribution in [0.5, 0.6) is 5.75 Å². The highest BCUT2D eigenvalue weighted by molar-refractivity contribution is 7.14. The number of rotatable bonds is 5. The number of hydrogen-bond acceptors (Lipinski definition) is 5. The van der Waals surface area contributed by atoms with Crippen molar-refractivity contribution >= 4 is 40.5 Å². The maximum Gasteiger partial charge on any atom is 0.349 e. The third kappa shape index (κ3) is 4.19. The second kappa shape index (κ2) is 8.10. The molecular formula is C19H20ClNO4S. The SMILES string of the molecule is COc1ccc(Cl)cc1NC(=O)C(C)OC(=O)c1cc2c(s1)CCCC2. The summed E-state index contributed by atoms with van der Waals surface area (Å²) >= 11 is 7.43. The van der Waals surface area contributed by atoms with E-state index in [0.717, 1.165) is 25.7 Å². The fourth-order valence-electron chi connectivity index (χ4n) is 2.88. The predicted octanol–water partition coefficient (Wildman–Crippen LogP) is 4.47. The van der Waals surface area contributed by atoms with Crippen molar-refractivity contribution in [3.8, 4) is 5.75 Å². The Morgan fingerprint density at radius 1 is 1.23 bits per heavy atom. The first-order chi connectivity index (χ1) is 12.5. The van der Waals surface area contributed by atoms with Gasteiger partial charge in [-0.3, -0.25) is 4.79 Å². The molecule has 1 aliphatic rings. The Labute approximate surface area is 161 Å². The van der Waals surface area contributed by atoms with E-state index in [4.69, 9.17) is 21.1 Å². The summed E-state index contributed by atoms with van der Waals surface area (Å²) in [6.07, 6.45) is 3.38. The highest BCUT2D eigenvalue weighted by atomic mass is 35.5. The van der Waals surface area contributed by atoms with Crippen LogP contribution in [-0.4, -0.2) is 25.1 Å². The summed E-state index contributed by atoms with van der Waals surface area (Å²) < 4.78 is 10.5. The van der Waals surface area contributed by atoms with Crippen LogP contribution in [0, 0.1) is 0 Å². The predicted molar refractivity (Wildman–Crippen MR) is 102 cm³/mol. The molecule has 1 heterocycles. The number of ether oxygens (including phenoxy) is 2. The highest BCUT2D eigenvalue weighted by Gasteiger charge is 2.23. The van der Waals surface area contributed by atoms with E-state index in [2.05, 4.69) is 5.32 Å². The average Bonchev–Trinajstić information content (AvgIpc) is 3.06. The lowest BCUT2D eigenvalue weighted by Gasteiger charge is -2.15. The van der Waals surface area contributed by atoms with Gasteiger partial charge in [0, 0.05) is 9.90 Å². The molecule has 0 bridgehead atoms. The van der Waals surface area contributed by atoms with E-state index < -0.39 is 18.0 Å². The van der Waals surface area contributed by atoms with Crippen LogP contribution in [0.1, 0.15) is 39.9 Å². The van der Waals surface area contributed by atoms with Gasteiger partial charge in [-0.2, -0.15) is 0 Å². The van der Waals surface area contributed by atoms with Gasteiger partial charge in [0.15, 0.2) is 6.10 Å². The van der Waals surface area contributed by atoms with Crippen LogP contribution in [0.3, 0.4) is 0 Å². The molecule has 0 spiro atoms. The molecule has 1 unspecified atom stereocenters. The molecule has 1 aromatic carbocycles. The van der Waals surface area contributed by atoms with E-state index in [-0.39, 0.29) is 0 Å². The van der Waals surface area contributed by atoms with Crippen molar-refractivity contribution in [3.05, 3.63) is 44.6 Å². The lowest BCUT2D eigenvalue weighted by molar-refractivity contribution is -0.123. The minimum atomic E-state index is -0.940.